The summed E-state index contributed by atoms with van der Waals surface area (Å²) >= 11 is 0. The van der Waals surface area contributed by atoms with E-state index in [9.17, 15) is 34.5 Å². The van der Waals surface area contributed by atoms with E-state index in [-0.39, 0.29) is 143 Å². The first-order chi connectivity index (χ1) is 32.0. The van der Waals surface area contributed by atoms with Crippen LogP contribution >= 0.6 is 0 Å². The third kappa shape index (κ3) is 11.4. The molecule has 7 heterocycles. The molecule has 0 aromatic heterocycles. The molecule has 8 rings (SSSR count). The number of aliphatic carboxylic acids is 1. The number of hydrogen-bond donors (Lipinski definition) is 5. The van der Waals surface area contributed by atoms with Crippen LogP contribution in [0.1, 0.15) is 139 Å². The number of carboxylic acids is 1. The van der Waals surface area contributed by atoms with Gasteiger partial charge in [-0.2, -0.15) is 0 Å². The summed E-state index contributed by atoms with van der Waals surface area (Å²) in [5.74, 6) is -4.40. The van der Waals surface area contributed by atoms with Crippen LogP contribution in [0.15, 0.2) is 30.3 Å². The number of rotatable bonds is 11. The summed E-state index contributed by atoms with van der Waals surface area (Å²) < 4.78 is 47.0. The van der Waals surface area contributed by atoms with E-state index in [2.05, 4.69) is 59.1 Å². The molecule has 16 nitrogen and oxygen atoms in total. The van der Waals surface area contributed by atoms with Gasteiger partial charge in [-0.1, -0.05) is 78.8 Å². The molecule has 0 bridgehead atoms. The number of carbonyl (C=O) groups excluding carboxylic acids is 3. The number of amides is 4. The number of carbonyl (C=O) groups is 4. The molecule has 0 unspecified atom stereocenters. The maximum absolute atomic E-state index is 12.0. The van der Waals surface area contributed by atoms with E-state index in [1.54, 1.807) is 51.3 Å². The zero-order valence-corrected chi connectivity index (χ0v) is 42.2. The molecule has 0 saturated carbocycles. The van der Waals surface area contributed by atoms with Gasteiger partial charge in [0.15, 0.2) is 17.0 Å². The van der Waals surface area contributed by atoms with E-state index in [1.807, 2.05) is 6.92 Å². The zero-order chi connectivity index (χ0) is 49.7. The van der Waals surface area contributed by atoms with E-state index in [0.29, 0.717) is 18.4 Å². The first-order valence-electron chi connectivity index (χ1n) is 25.3. The van der Waals surface area contributed by atoms with Crippen LogP contribution in [0.4, 0.5) is 4.79 Å². The third-order valence-corrected chi connectivity index (χ3v) is 17.5. The molecule has 4 amide bonds. The molecule has 1 aromatic rings. The quantitative estimate of drug-likeness (QED) is 0.144. The summed E-state index contributed by atoms with van der Waals surface area (Å²) in [5, 5.41) is 34.9. The monoisotopic (exact) mass is 1000 g/mol. The molecule has 19 atom stereocenters. The molecule has 7 fully saturated rings. The minimum absolute atomic E-state index is 0. The fraction of sp³-hybridized carbons (Fsp3) is 0.808. The van der Waals surface area contributed by atoms with Gasteiger partial charge in [0.1, 0.15) is 0 Å². The van der Waals surface area contributed by atoms with Crippen LogP contribution in [-0.2, 0) is 53.0 Å². The van der Waals surface area contributed by atoms with Crippen LogP contribution in [0.5, 0.6) is 0 Å². The van der Waals surface area contributed by atoms with Crippen LogP contribution in [-0.4, -0.2) is 184 Å². The van der Waals surface area contributed by atoms with Crippen molar-refractivity contribution in [2.24, 2.45) is 41.4 Å². The Labute approximate surface area is 459 Å². The number of barbiturate groups is 1. The van der Waals surface area contributed by atoms with Gasteiger partial charge in [0.05, 0.1) is 72.6 Å². The molecule has 7 aliphatic rings. The topological polar surface area (TPSA) is 218 Å². The number of aliphatic hydroxyl groups is 2. The zero-order valence-electron chi connectivity index (χ0n) is 42.2. The van der Waals surface area contributed by atoms with E-state index < -0.39 is 64.5 Å². The number of ether oxygens (including phenoxy) is 7. The normalized spacial score (nSPS) is 44.0. The molecule has 5 N–H and O–H groups in total. The van der Waals surface area contributed by atoms with Crippen LogP contribution in [0.2, 0.25) is 0 Å². The van der Waals surface area contributed by atoms with Crippen LogP contribution in [0.3, 0.4) is 0 Å². The fourth-order valence-corrected chi connectivity index (χ4v) is 13.3. The average molecular weight is 1010 g/mol. The molecular formula is C52H82N2Na2O14. The molecule has 0 aliphatic carbocycles. The number of urea groups is 1. The Morgan fingerprint density at radius 1 is 0.829 bits per heavy atom. The van der Waals surface area contributed by atoms with Gasteiger partial charge >= 0.3 is 71.1 Å². The molecule has 70 heavy (non-hydrogen) atoms. The number of benzene rings is 1. The molecule has 1 spiro atoms. The minimum atomic E-state index is -1.55. The van der Waals surface area contributed by atoms with Gasteiger partial charge in [-0.25, -0.2) is 4.79 Å². The van der Waals surface area contributed by atoms with Crippen molar-refractivity contribution in [3.8, 4) is 0 Å². The van der Waals surface area contributed by atoms with Crippen molar-refractivity contribution in [2.75, 3.05) is 13.7 Å². The van der Waals surface area contributed by atoms with Crippen LogP contribution in [0, 0.1) is 41.4 Å². The van der Waals surface area contributed by atoms with Crippen molar-refractivity contribution < 1.29 is 67.7 Å². The summed E-state index contributed by atoms with van der Waals surface area (Å²) in [6.45, 7) is 20.2. The SMILES string of the molecule is CCC1(c2ccccc2)C(=O)NC(=O)NC1=O.CO[C@@H]1C[C@@H](C[C@H]2CC[C@H](C)[C@H]([C@@H](C)C(=O)O)O2)O[C@]2(O[C@](C)([C@H]3CC[C@@](C)([C@@H]4O[C@@H]([C@H]5O[C@@](O)(CO)[C@H](C)C[C@@H]5C)C[C@@H]4C)O3)C[C@H]2C)[C@@H]1C.[NaH].[NaH]. The van der Waals surface area contributed by atoms with E-state index >= 15 is 0 Å². The predicted molar refractivity (Wildman–Crippen MR) is 263 cm³/mol. The van der Waals surface area contributed by atoms with Crippen molar-refractivity contribution in [3.63, 3.8) is 0 Å². The molecule has 18 heteroatoms. The number of hydrogen-bond acceptors (Lipinski definition) is 13. The van der Waals surface area contributed by atoms with Crippen LogP contribution < -0.4 is 10.6 Å². The predicted octanol–water partition coefficient (Wildman–Crippen LogP) is 5.11. The Kier molecular flexibility index (Phi) is 20.0. The van der Waals surface area contributed by atoms with Gasteiger partial charge in [0, 0.05) is 37.7 Å². The van der Waals surface area contributed by atoms with Crippen molar-refractivity contribution in [2.45, 2.75) is 210 Å². The number of methoxy groups -OCH3 is 1. The van der Waals surface area contributed by atoms with Crippen molar-refractivity contribution in [1.82, 2.24) is 10.6 Å². The van der Waals surface area contributed by atoms with Gasteiger partial charge in [-0.05, 0) is 95.5 Å². The number of nitrogens with one attached hydrogen (secondary N) is 2. The van der Waals surface area contributed by atoms with Gasteiger partial charge in [-0.3, -0.25) is 25.0 Å². The second-order valence-corrected chi connectivity index (χ2v) is 22.2. The Balaban J connectivity index is 0.000000405. The van der Waals surface area contributed by atoms with Crippen molar-refractivity contribution in [1.29, 1.82) is 0 Å². The third-order valence-electron chi connectivity index (χ3n) is 17.5. The Hall–Kier alpha value is -1.06. The standard InChI is InChI=1S/C40H68O11.C12H12N2O3.2Na.2H/c1-21-11-12-28(46-33(21)26(6)36(42)43)17-29-18-30(45-10)27(7)40(48-29)25(5)19-38(9,51-40)32-13-14-37(8,49-32)35-23(3)16-31(47-35)34-22(2)15-24(4)39(44,20-41)50-34;1-2-12(8-6-4-3-5-7-8)9(15)13-11(17)14-10(12)16;;;;/h21-35,41,44H,11-20H2,1-10H3,(H,42,43);3-7H,2H2,1H3,(H2,13,14,15,16,17);;;;/t21-,22-,23-,24+,25+,26+,27+,28+,29+,30+,31+,32+,33+,34-,35+,37-,38-,39-,40+;;;;;/m0...../s1. The molecule has 7 saturated heterocycles. The maximum atomic E-state index is 12.0. The number of imide groups is 2. The first-order valence-corrected chi connectivity index (χ1v) is 25.3. The van der Waals surface area contributed by atoms with Gasteiger partial charge in [0.2, 0.25) is 11.8 Å². The Bertz CT molecular complexity index is 1970. The van der Waals surface area contributed by atoms with E-state index in [1.165, 1.54) is 0 Å². The molecule has 7 aliphatic heterocycles. The molecular weight excluding hydrogens is 923 g/mol. The van der Waals surface area contributed by atoms with E-state index in [0.717, 1.165) is 51.4 Å². The summed E-state index contributed by atoms with van der Waals surface area (Å²) in [4.78, 5) is 46.8. The van der Waals surface area contributed by atoms with Gasteiger partial charge < -0.3 is 48.5 Å². The van der Waals surface area contributed by atoms with Crippen molar-refractivity contribution in [3.05, 3.63) is 35.9 Å². The second-order valence-electron chi connectivity index (χ2n) is 22.2. The summed E-state index contributed by atoms with van der Waals surface area (Å²) in [6.07, 6.45) is 6.15. The van der Waals surface area contributed by atoms with Crippen molar-refractivity contribution >= 4 is 82.9 Å². The first kappa shape index (κ1) is 59.8. The molecule has 386 valence electrons. The number of aliphatic hydroxyl groups excluding tert-OH is 1. The fourth-order valence-electron chi connectivity index (χ4n) is 13.3. The molecule has 0 radical (unpaired) electrons. The van der Waals surface area contributed by atoms with Gasteiger partial charge in [0.25, 0.3) is 0 Å². The summed E-state index contributed by atoms with van der Waals surface area (Å²) in [6, 6.07) is 7.96. The average Bonchev–Trinajstić information content (AvgIpc) is 3.98. The summed E-state index contributed by atoms with van der Waals surface area (Å²) in [7, 11) is 1.77. The van der Waals surface area contributed by atoms with E-state index in [4.69, 9.17) is 33.2 Å². The molecule has 1 aromatic carbocycles. The van der Waals surface area contributed by atoms with Crippen LogP contribution in [0.25, 0.3) is 0 Å². The number of carboxylic acid groups (broad SMARTS) is 1. The van der Waals surface area contributed by atoms with Gasteiger partial charge in [-0.15, -0.1) is 0 Å². The Morgan fingerprint density at radius 3 is 2.09 bits per heavy atom. The Morgan fingerprint density at radius 2 is 1.49 bits per heavy atom. The summed E-state index contributed by atoms with van der Waals surface area (Å²) in [5.41, 5.74) is -1.82. The second kappa shape index (κ2) is 23.5.